The maximum absolute atomic E-state index is 5.50. The number of benzene rings is 1. The summed E-state index contributed by atoms with van der Waals surface area (Å²) in [6.07, 6.45) is 1.61. The van der Waals surface area contributed by atoms with E-state index in [-0.39, 0.29) is 0 Å². The van der Waals surface area contributed by atoms with Crippen molar-refractivity contribution in [3.63, 3.8) is 0 Å². The fraction of sp³-hybridized carbons (Fsp3) is 0.571. The molecule has 1 aliphatic carbocycles. The fourth-order valence-corrected chi connectivity index (χ4v) is 2.03. The van der Waals surface area contributed by atoms with E-state index < -0.39 is 0 Å². The van der Waals surface area contributed by atoms with E-state index in [2.05, 4.69) is 49.5 Å². The normalized spacial score (nSPS) is 23.7. The van der Waals surface area contributed by atoms with E-state index in [1.54, 1.807) is 0 Å². The third-order valence-electron chi connectivity index (χ3n) is 2.98. The Balaban J connectivity index is 1.65. The molecule has 2 nitrogen and oxygen atoms in total. The van der Waals surface area contributed by atoms with Gasteiger partial charge in [-0.15, -0.1) is 0 Å². The SMILES string of the molecule is CC(C)OCCNC1CC1c1ccccc1. The molecule has 0 saturated heterocycles. The van der Waals surface area contributed by atoms with Gasteiger partial charge in [0.05, 0.1) is 12.7 Å². The van der Waals surface area contributed by atoms with Crippen molar-refractivity contribution in [2.75, 3.05) is 13.2 Å². The maximum atomic E-state index is 5.50. The van der Waals surface area contributed by atoms with Crippen LogP contribution < -0.4 is 5.32 Å². The van der Waals surface area contributed by atoms with Crippen molar-refractivity contribution >= 4 is 0 Å². The number of hydrogen-bond donors (Lipinski definition) is 1. The van der Waals surface area contributed by atoms with Gasteiger partial charge in [0.1, 0.15) is 0 Å². The lowest BCUT2D eigenvalue weighted by atomic mass is 10.1. The van der Waals surface area contributed by atoms with Gasteiger partial charge < -0.3 is 10.1 Å². The number of ether oxygens (including phenoxy) is 1. The van der Waals surface area contributed by atoms with E-state index in [1.807, 2.05) is 0 Å². The molecule has 1 fully saturated rings. The lowest BCUT2D eigenvalue weighted by Crippen LogP contribution is -2.24. The molecule has 0 radical (unpaired) electrons. The van der Waals surface area contributed by atoms with Gasteiger partial charge in [0.25, 0.3) is 0 Å². The van der Waals surface area contributed by atoms with Crippen LogP contribution in [-0.2, 0) is 4.74 Å². The van der Waals surface area contributed by atoms with E-state index in [9.17, 15) is 0 Å². The van der Waals surface area contributed by atoms with E-state index in [1.165, 1.54) is 12.0 Å². The topological polar surface area (TPSA) is 21.3 Å². The predicted octanol–water partition coefficient (Wildman–Crippen LogP) is 2.56. The summed E-state index contributed by atoms with van der Waals surface area (Å²) in [6, 6.07) is 11.4. The third kappa shape index (κ3) is 3.32. The molecule has 1 N–H and O–H groups in total. The van der Waals surface area contributed by atoms with Crippen molar-refractivity contribution < 1.29 is 4.74 Å². The fourth-order valence-electron chi connectivity index (χ4n) is 2.03. The smallest absolute Gasteiger partial charge is 0.0594 e. The highest BCUT2D eigenvalue weighted by atomic mass is 16.5. The second kappa shape index (κ2) is 5.46. The predicted molar refractivity (Wildman–Crippen MR) is 66.7 cm³/mol. The van der Waals surface area contributed by atoms with E-state index >= 15 is 0 Å². The summed E-state index contributed by atoms with van der Waals surface area (Å²) in [5, 5.41) is 3.54. The van der Waals surface area contributed by atoms with Crippen LogP contribution >= 0.6 is 0 Å². The Morgan fingerprint density at radius 1 is 1.31 bits per heavy atom. The largest absolute Gasteiger partial charge is 0.377 e. The number of rotatable bonds is 6. The minimum atomic E-state index is 0.339. The Morgan fingerprint density at radius 3 is 2.75 bits per heavy atom. The van der Waals surface area contributed by atoms with E-state index in [0.717, 1.165) is 19.1 Å². The molecule has 16 heavy (non-hydrogen) atoms. The van der Waals surface area contributed by atoms with Crippen LogP contribution in [0.3, 0.4) is 0 Å². The summed E-state index contributed by atoms with van der Waals surface area (Å²) < 4.78 is 5.50. The van der Waals surface area contributed by atoms with Crippen molar-refractivity contribution in [1.29, 1.82) is 0 Å². The zero-order chi connectivity index (χ0) is 11.4. The number of nitrogens with one attached hydrogen (secondary N) is 1. The van der Waals surface area contributed by atoms with Crippen LogP contribution in [0.4, 0.5) is 0 Å². The third-order valence-corrected chi connectivity index (χ3v) is 2.98. The zero-order valence-electron chi connectivity index (χ0n) is 10.1. The molecule has 88 valence electrons. The first-order valence-corrected chi connectivity index (χ1v) is 6.17. The quantitative estimate of drug-likeness (QED) is 0.742. The molecule has 2 rings (SSSR count). The molecule has 2 unspecified atom stereocenters. The molecular weight excluding hydrogens is 198 g/mol. The van der Waals surface area contributed by atoms with Crippen LogP contribution in [0.15, 0.2) is 30.3 Å². The van der Waals surface area contributed by atoms with Gasteiger partial charge in [-0.25, -0.2) is 0 Å². The highest BCUT2D eigenvalue weighted by molar-refractivity contribution is 5.27. The lowest BCUT2D eigenvalue weighted by molar-refractivity contribution is 0.0806. The first kappa shape index (κ1) is 11.6. The van der Waals surface area contributed by atoms with Crippen LogP contribution in [0.1, 0.15) is 31.7 Å². The molecule has 2 atom stereocenters. The van der Waals surface area contributed by atoms with Gasteiger partial charge in [-0.1, -0.05) is 30.3 Å². The Bertz CT molecular complexity index is 310. The molecule has 1 aromatic rings. The zero-order valence-corrected chi connectivity index (χ0v) is 10.1. The van der Waals surface area contributed by atoms with Crippen LogP contribution in [0.25, 0.3) is 0 Å². The molecule has 2 heteroatoms. The maximum Gasteiger partial charge on any atom is 0.0594 e. The molecule has 0 bridgehead atoms. The number of hydrogen-bond acceptors (Lipinski definition) is 2. The minimum absolute atomic E-state index is 0.339. The first-order valence-electron chi connectivity index (χ1n) is 6.17. The summed E-state index contributed by atoms with van der Waals surface area (Å²) in [5.74, 6) is 0.722. The van der Waals surface area contributed by atoms with Gasteiger partial charge in [0.2, 0.25) is 0 Å². The van der Waals surface area contributed by atoms with Gasteiger partial charge in [0, 0.05) is 18.5 Å². The van der Waals surface area contributed by atoms with Crippen LogP contribution in [0.2, 0.25) is 0 Å². The monoisotopic (exact) mass is 219 g/mol. The standard InChI is InChI=1S/C14H21NO/c1-11(2)16-9-8-15-14-10-13(14)12-6-4-3-5-7-12/h3-7,11,13-15H,8-10H2,1-2H3. The molecule has 0 amide bonds. The molecule has 0 spiro atoms. The van der Waals surface area contributed by atoms with Crippen molar-refractivity contribution in [3.05, 3.63) is 35.9 Å². The molecule has 0 heterocycles. The molecule has 1 aliphatic rings. The summed E-state index contributed by atoms with van der Waals surface area (Å²) in [6.45, 7) is 5.93. The Morgan fingerprint density at radius 2 is 2.06 bits per heavy atom. The van der Waals surface area contributed by atoms with Gasteiger partial charge in [-0.2, -0.15) is 0 Å². The molecule has 0 aromatic heterocycles. The van der Waals surface area contributed by atoms with Crippen LogP contribution in [0, 0.1) is 0 Å². The summed E-state index contributed by atoms with van der Waals surface area (Å²) in [7, 11) is 0. The van der Waals surface area contributed by atoms with Gasteiger partial charge in [-0.3, -0.25) is 0 Å². The second-order valence-electron chi connectivity index (χ2n) is 4.73. The second-order valence-corrected chi connectivity index (χ2v) is 4.73. The summed E-state index contributed by atoms with van der Waals surface area (Å²) >= 11 is 0. The van der Waals surface area contributed by atoms with Gasteiger partial charge in [-0.05, 0) is 25.8 Å². The van der Waals surface area contributed by atoms with Crippen molar-refractivity contribution in [1.82, 2.24) is 5.32 Å². The molecule has 1 saturated carbocycles. The molecular formula is C14H21NO. The van der Waals surface area contributed by atoms with Crippen molar-refractivity contribution in [2.45, 2.75) is 38.3 Å². The Labute approximate surface area is 98.0 Å². The average Bonchev–Trinajstić information content (AvgIpc) is 3.05. The average molecular weight is 219 g/mol. The van der Waals surface area contributed by atoms with Crippen LogP contribution in [0.5, 0.6) is 0 Å². The van der Waals surface area contributed by atoms with Crippen molar-refractivity contribution in [2.24, 2.45) is 0 Å². The van der Waals surface area contributed by atoms with Gasteiger partial charge >= 0.3 is 0 Å². The summed E-state index contributed by atoms with van der Waals surface area (Å²) in [4.78, 5) is 0. The molecule has 0 aliphatic heterocycles. The Hall–Kier alpha value is -0.860. The van der Waals surface area contributed by atoms with Crippen molar-refractivity contribution in [3.8, 4) is 0 Å². The van der Waals surface area contributed by atoms with Gasteiger partial charge in [0.15, 0.2) is 0 Å². The lowest BCUT2D eigenvalue weighted by Gasteiger charge is -2.08. The Kier molecular flexibility index (Phi) is 3.97. The first-order chi connectivity index (χ1) is 7.77. The summed E-state index contributed by atoms with van der Waals surface area (Å²) in [5.41, 5.74) is 1.46. The highest BCUT2D eigenvalue weighted by Crippen LogP contribution is 2.40. The molecule has 1 aromatic carbocycles. The van der Waals surface area contributed by atoms with E-state index in [4.69, 9.17) is 4.74 Å². The van der Waals surface area contributed by atoms with Crippen LogP contribution in [-0.4, -0.2) is 25.3 Å². The highest BCUT2D eigenvalue weighted by Gasteiger charge is 2.37. The van der Waals surface area contributed by atoms with E-state index in [0.29, 0.717) is 12.1 Å². The minimum Gasteiger partial charge on any atom is -0.377 e.